The summed E-state index contributed by atoms with van der Waals surface area (Å²) in [6.45, 7) is 4.48. The standard InChI is InChI=1S/C40H75NO5S/c1-3-5-7-9-11-13-15-17-18-19-20-21-22-24-26-28-30-32-34-36-40(43)41-38(37-47(44,45)46)39(42)35-33-31-29-27-25-23-16-14-12-10-8-6-4-2/h11,13,17-18,20-21,38-39,42H,3-10,12,14-16,19,22-37H2,1-2H3,(H,41,43)(H,44,45,46)/b13-11-,18-17-,21-20-. The molecule has 0 aliphatic carbocycles. The van der Waals surface area contributed by atoms with Crippen molar-refractivity contribution >= 4 is 16.0 Å². The van der Waals surface area contributed by atoms with Gasteiger partial charge in [0, 0.05) is 6.42 Å². The van der Waals surface area contributed by atoms with Gasteiger partial charge in [-0.15, -0.1) is 0 Å². The number of allylic oxidation sites excluding steroid dienone is 6. The lowest BCUT2D eigenvalue weighted by Gasteiger charge is -2.23. The van der Waals surface area contributed by atoms with Gasteiger partial charge in [-0.2, -0.15) is 8.42 Å². The van der Waals surface area contributed by atoms with Gasteiger partial charge in [-0.1, -0.05) is 172 Å². The first kappa shape index (κ1) is 45.6. The Morgan fingerprint density at radius 2 is 0.957 bits per heavy atom. The first-order chi connectivity index (χ1) is 22.8. The van der Waals surface area contributed by atoms with Crippen molar-refractivity contribution in [1.29, 1.82) is 0 Å². The van der Waals surface area contributed by atoms with Gasteiger partial charge in [0.15, 0.2) is 0 Å². The lowest BCUT2D eigenvalue weighted by Crippen LogP contribution is -2.47. The third-order valence-corrected chi connectivity index (χ3v) is 9.63. The fourth-order valence-electron chi connectivity index (χ4n) is 5.87. The Kier molecular flexibility index (Phi) is 33.4. The number of hydrogen-bond donors (Lipinski definition) is 3. The van der Waals surface area contributed by atoms with Gasteiger partial charge < -0.3 is 10.4 Å². The van der Waals surface area contributed by atoms with Crippen molar-refractivity contribution in [3.63, 3.8) is 0 Å². The highest BCUT2D eigenvalue weighted by Crippen LogP contribution is 2.15. The third-order valence-electron chi connectivity index (χ3n) is 8.85. The van der Waals surface area contributed by atoms with Crippen LogP contribution in [0.25, 0.3) is 0 Å². The highest BCUT2D eigenvalue weighted by molar-refractivity contribution is 7.85. The summed E-state index contributed by atoms with van der Waals surface area (Å²) in [5.41, 5.74) is 0. The molecule has 2 atom stereocenters. The minimum absolute atomic E-state index is 0.259. The summed E-state index contributed by atoms with van der Waals surface area (Å²) in [4.78, 5) is 12.5. The highest BCUT2D eigenvalue weighted by Gasteiger charge is 2.26. The highest BCUT2D eigenvalue weighted by atomic mass is 32.2. The van der Waals surface area contributed by atoms with Crippen molar-refractivity contribution < 1.29 is 22.9 Å². The molecule has 47 heavy (non-hydrogen) atoms. The second kappa shape index (κ2) is 34.4. The zero-order chi connectivity index (χ0) is 34.7. The number of nitrogens with one attached hydrogen (secondary N) is 1. The molecule has 0 fully saturated rings. The molecule has 0 saturated heterocycles. The monoisotopic (exact) mass is 682 g/mol. The van der Waals surface area contributed by atoms with E-state index in [1.807, 2.05) is 0 Å². The van der Waals surface area contributed by atoms with Crippen LogP contribution in [0.4, 0.5) is 0 Å². The Hall–Kier alpha value is -1.44. The number of rotatable bonds is 35. The number of aliphatic hydroxyl groups is 1. The van der Waals surface area contributed by atoms with Gasteiger partial charge in [0.25, 0.3) is 10.1 Å². The first-order valence-electron chi connectivity index (χ1n) is 19.7. The number of amides is 1. The molecule has 1 amide bonds. The van der Waals surface area contributed by atoms with Gasteiger partial charge in [-0.3, -0.25) is 9.35 Å². The molecule has 3 N–H and O–H groups in total. The topological polar surface area (TPSA) is 104 Å². The van der Waals surface area contributed by atoms with Crippen LogP contribution in [0.5, 0.6) is 0 Å². The molecule has 0 saturated carbocycles. The van der Waals surface area contributed by atoms with E-state index >= 15 is 0 Å². The van der Waals surface area contributed by atoms with E-state index in [1.165, 1.54) is 103 Å². The van der Waals surface area contributed by atoms with Gasteiger partial charge in [0.05, 0.1) is 17.9 Å². The number of carbonyl (C=O) groups is 1. The van der Waals surface area contributed by atoms with E-state index in [4.69, 9.17) is 0 Å². The molecule has 0 aromatic carbocycles. The zero-order valence-electron chi connectivity index (χ0n) is 30.7. The van der Waals surface area contributed by atoms with E-state index in [0.29, 0.717) is 12.8 Å². The van der Waals surface area contributed by atoms with Crippen LogP contribution < -0.4 is 5.32 Å². The van der Waals surface area contributed by atoms with Crippen LogP contribution in [0.15, 0.2) is 36.5 Å². The molecule has 7 heteroatoms. The second-order valence-electron chi connectivity index (χ2n) is 13.6. The molecule has 0 aromatic heterocycles. The molecule has 2 unspecified atom stereocenters. The molecule has 0 spiro atoms. The van der Waals surface area contributed by atoms with Gasteiger partial charge in [-0.05, 0) is 51.4 Å². The summed E-state index contributed by atoms with van der Waals surface area (Å²) in [6, 6.07) is -0.976. The van der Waals surface area contributed by atoms with E-state index in [9.17, 15) is 22.9 Å². The Morgan fingerprint density at radius 1 is 0.574 bits per heavy atom. The van der Waals surface area contributed by atoms with Gasteiger partial charge in [0.1, 0.15) is 0 Å². The van der Waals surface area contributed by atoms with Crippen LogP contribution in [0.1, 0.15) is 194 Å². The number of aliphatic hydroxyl groups excluding tert-OH is 1. The molecule has 0 aliphatic rings. The maximum Gasteiger partial charge on any atom is 0.266 e. The van der Waals surface area contributed by atoms with Crippen LogP contribution in [0.3, 0.4) is 0 Å². The van der Waals surface area contributed by atoms with Crippen molar-refractivity contribution in [1.82, 2.24) is 5.32 Å². The normalized spacial score (nSPS) is 13.7. The molecule has 0 radical (unpaired) electrons. The molecular formula is C40H75NO5S. The molecule has 6 nitrogen and oxygen atoms in total. The Balaban J connectivity index is 3.92. The predicted octanol–water partition coefficient (Wildman–Crippen LogP) is 11.4. The van der Waals surface area contributed by atoms with Crippen molar-refractivity contribution in [2.45, 2.75) is 206 Å². The quantitative estimate of drug-likeness (QED) is 0.0351. The van der Waals surface area contributed by atoms with E-state index in [-0.39, 0.29) is 5.91 Å². The first-order valence-corrected chi connectivity index (χ1v) is 21.3. The predicted molar refractivity (Wildman–Crippen MR) is 202 cm³/mol. The van der Waals surface area contributed by atoms with Crippen molar-refractivity contribution in [3.05, 3.63) is 36.5 Å². The largest absolute Gasteiger partial charge is 0.391 e. The van der Waals surface area contributed by atoms with Crippen LogP contribution >= 0.6 is 0 Å². The summed E-state index contributed by atoms with van der Waals surface area (Å²) in [7, 11) is -4.31. The SMILES string of the molecule is CCCCC/C=C\C/C=C\C/C=C\CCCCCCCCC(=O)NC(CS(=O)(=O)O)C(O)CCCCCCCCCCCCCCC. The fraction of sp³-hybridized carbons (Fsp3) is 0.825. The summed E-state index contributed by atoms with van der Waals surface area (Å²) < 4.78 is 32.5. The van der Waals surface area contributed by atoms with Gasteiger partial charge in [-0.25, -0.2) is 0 Å². The maximum atomic E-state index is 12.5. The molecular weight excluding hydrogens is 607 g/mol. The fourth-order valence-corrected chi connectivity index (χ4v) is 6.63. The van der Waals surface area contributed by atoms with Crippen LogP contribution in [-0.2, 0) is 14.9 Å². The molecule has 0 aliphatic heterocycles. The van der Waals surface area contributed by atoms with E-state index in [1.54, 1.807) is 0 Å². The van der Waals surface area contributed by atoms with E-state index in [2.05, 4.69) is 55.6 Å². The summed E-state index contributed by atoms with van der Waals surface area (Å²) >= 11 is 0. The molecule has 276 valence electrons. The van der Waals surface area contributed by atoms with E-state index < -0.39 is 28.0 Å². The molecule has 0 aromatic rings. The lowest BCUT2D eigenvalue weighted by atomic mass is 10.0. The lowest BCUT2D eigenvalue weighted by molar-refractivity contribution is -0.122. The minimum Gasteiger partial charge on any atom is -0.391 e. The Bertz CT molecular complexity index is 883. The summed E-state index contributed by atoms with van der Waals surface area (Å²) in [6.07, 6.45) is 43.7. The second-order valence-corrected chi connectivity index (χ2v) is 15.1. The number of carbonyl (C=O) groups excluding carboxylic acids is 1. The minimum atomic E-state index is -4.31. The van der Waals surface area contributed by atoms with Crippen LogP contribution in [-0.4, -0.2) is 41.9 Å². The molecule has 0 heterocycles. The van der Waals surface area contributed by atoms with Crippen molar-refractivity contribution in [2.75, 3.05) is 5.75 Å². The smallest absolute Gasteiger partial charge is 0.266 e. The van der Waals surface area contributed by atoms with Crippen molar-refractivity contribution in [2.24, 2.45) is 0 Å². The van der Waals surface area contributed by atoms with E-state index in [0.717, 1.165) is 64.2 Å². The molecule has 0 bridgehead atoms. The third kappa shape index (κ3) is 35.7. The number of hydrogen-bond acceptors (Lipinski definition) is 4. The average molecular weight is 682 g/mol. The van der Waals surface area contributed by atoms with Gasteiger partial charge in [0.2, 0.25) is 5.91 Å². The molecule has 0 rings (SSSR count). The summed E-state index contributed by atoms with van der Waals surface area (Å²) in [5.74, 6) is -0.912. The zero-order valence-corrected chi connectivity index (χ0v) is 31.5. The Morgan fingerprint density at radius 3 is 1.45 bits per heavy atom. The van der Waals surface area contributed by atoms with Gasteiger partial charge >= 0.3 is 0 Å². The average Bonchev–Trinajstić information content (AvgIpc) is 3.03. The van der Waals surface area contributed by atoms with Crippen LogP contribution in [0.2, 0.25) is 0 Å². The number of unbranched alkanes of at least 4 members (excludes halogenated alkanes) is 21. The van der Waals surface area contributed by atoms with Crippen molar-refractivity contribution in [3.8, 4) is 0 Å². The maximum absolute atomic E-state index is 12.5. The van der Waals surface area contributed by atoms with Crippen LogP contribution in [0, 0.1) is 0 Å². The summed E-state index contributed by atoms with van der Waals surface area (Å²) in [5, 5.41) is 13.3. The Labute approximate surface area is 291 Å².